The minimum atomic E-state index is 0.194. The molecule has 3 heteroatoms. The highest BCUT2D eigenvalue weighted by Gasteiger charge is 1.60. The molecule has 0 aliphatic carbocycles. The highest BCUT2D eigenvalue weighted by Crippen LogP contribution is 1.56. The quantitative estimate of drug-likeness (QED) is 0.296. The van der Waals surface area contributed by atoms with Crippen molar-refractivity contribution in [3.05, 3.63) is 0 Å². The molecule has 0 aromatic carbocycles. The van der Waals surface area contributed by atoms with Gasteiger partial charge < -0.3 is 0 Å². The van der Waals surface area contributed by atoms with Crippen LogP contribution in [-0.2, 0) is 14.9 Å². The Hall–Kier alpha value is 0.370. The third kappa shape index (κ3) is 363. The molecule has 0 amide bonds. The molecule has 38 valence electrons. The predicted octanol–water partition coefficient (Wildman–Crippen LogP) is 1.68. The summed E-state index contributed by atoms with van der Waals surface area (Å²) >= 11 is 3.15. The molecule has 0 aromatic rings. The van der Waals surface area contributed by atoms with Crippen molar-refractivity contribution < 1.29 is 4.21 Å². The van der Waals surface area contributed by atoms with Gasteiger partial charge in [0.1, 0.15) is 0 Å². The van der Waals surface area contributed by atoms with Gasteiger partial charge in [-0.2, -0.15) is 0 Å². The second-order valence-corrected chi connectivity index (χ2v) is 1.38. The molecule has 0 unspecified atom stereocenters. The fourth-order valence-corrected chi connectivity index (χ4v) is 0. The topological polar surface area (TPSA) is 17.1 Å². The Morgan fingerprint density at radius 1 is 1.67 bits per heavy atom. The first-order valence-electron chi connectivity index (χ1n) is 1.76. The Balaban J connectivity index is 0. The van der Waals surface area contributed by atoms with Gasteiger partial charge in [-0.1, -0.05) is 20.3 Å². The van der Waals surface area contributed by atoms with Crippen LogP contribution in [0.15, 0.2) is 0 Å². The van der Waals surface area contributed by atoms with Crippen LogP contribution < -0.4 is 0 Å². The first-order chi connectivity index (χ1) is 2.83. The zero-order valence-corrected chi connectivity index (χ0v) is 5.68. The average molecular weight is 125 g/mol. The Morgan fingerprint density at radius 2 is 1.67 bits per heavy atom. The van der Waals surface area contributed by atoms with Gasteiger partial charge in [0, 0.05) is 0 Å². The van der Waals surface area contributed by atoms with Crippen LogP contribution in [0.5, 0.6) is 0 Å². The Kier molecular flexibility index (Phi) is 29.3. The number of rotatable bonds is 0. The SMILES string of the molecule is CCC.O=[S+]S. The number of hydrogen-bond acceptors (Lipinski definition) is 1. The van der Waals surface area contributed by atoms with Gasteiger partial charge in [0.2, 0.25) is 11.7 Å². The lowest BCUT2D eigenvalue weighted by Gasteiger charge is -1.48. The van der Waals surface area contributed by atoms with E-state index in [2.05, 4.69) is 25.5 Å². The van der Waals surface area contributed by atoms with Crippen molar-refractivity contribution in [1.82, 2.24) is 0 Å². The van der Waals surface area contributed by atoms with E-state index in [1.165, 1.54) is 6.42 Å². The third-order valence-corrected chi connectivity index (χ3v) is 0. The van der Waals surface area contributed by atoms with E-state index >= 15 is 0 Å². The maximum Gasteiger partial charge on any atom is 0.545 e. The maximum atomic E-state index is 8.71. The van der Waals surface area contributed by atoms with Crippen LogP contribution in [0.4, 0.5) is 0 Å². The normalized spacial score (nSPS) is 5.17. The standard InChI is InChI=1S/C3H8.OS2/c2*1-3-2/h3H2,1-2H3;/p+1. The van der Waals surface area contributed by atoms with Crippen LogP contribution in [0, 0.1) is 0 Å². The van der Waals surface area contributed by atoms with Crippen LogP contribution >= 0.6 is 11.7 Å². The molecular formula is C3H9OS2+. The highest BCUT2D eigenvalue weighted by molar-refractivity contribution is 8.51. The molecule has 0 heterocycles. The van der Waals surface area contributed by atoms with Gasteiger partial charge in [-0.05, 0) is 0 Å². The lowest BCUT2D eigenvalue weighted by Crippen LogP contribution is -1.27. The van der Waals surface area contributed by atoms with Gasteiger partial charge in [0.25, 0.3) is 0 Å². The molecule has 0 N–H and O–H groups in total. The van der Waals surface area contributed by atoms with E-state index in [0.717, 1.165) is 0 Å². The fraction of sp³-hybridized carbons (Fsp3) is 1.00. The molecule has 0 bridgehead atoms. The Morgan fingerprint density at radius 3 is 1.67 bits per heavy atom. The van der Waals surface area contributed by atoms with E-state index in [4.69, 9.17) is 4.21 Å². The first-order valence-corrected chi connectivity index (χ1v) is 3.56. The second-order valence-electron chi connectivity index (χ2n) is 0.782. The monoisotopic (exact) mass is 125 g/mol. The van der Waals surface area contributed by atoms with Crippen LogP contribution in [0.2, 0.25) is 0 Å². The molecule has 0 saturated heterocycles. The number of hydrogen-bond donors (Lipinski definition) is 1. The van der Waals surface area contributed by atoms with E-state index in [1.807, 2.05) is 0 Å². The zero-order chi connectivity index (χ0) is 5.41. The fourth-order valence-electron chi connectivity index (χ4n) is 0. The summed E-state index contributed by atoms with van der Waals surface area (Å²) < 4.78 is 8.71. The van der Waals surface area contributed by atoms with Gasteiger partial charge in [0.05, 0.1) is 4.21 Å². The number of thiol groups is 1. The minimum absolute atomic E-state index is 0.194. The maximum absolute atomic E-state index is 8.71. The first kappa shape index (κ1) is 9.62. The molecule has 0 atom stereocenters. The zero-order valence-electron chi connectivity index (χ0n) is 3.97. The van der Waals surface area contributed by atoms with Crippen LogP contribution in [0.3, 0.4) is 0 Å². The Labute approximate surface area is 47.4 Å². The van der Waals surface area contributed by atoms with Crippen molar-refractivity contribution in [2.75, 3.05) is 0 Å². The molecule has 0 fully saturated rings. The molecule has 0 saturated carbocycles. The van der Waals surface area contributed by atoms with E-state index in [9.17, 15) is 0 Å². The molecule has 6 heavy (non-hydrogen) atoms. The summed E-state index contributed by atoms with van der Waals surface area (Å²) in [5.41, 5.74) is 0. The lowest BCUT2D eigenvalue weighted by molar-refractivity contribution is 0.611. The summed E-state index contributed by atoms with van der Waals surface area (Å²) in [6.07, 6.45) is 1.25. The van der Waals surface area contributed by atoms with Crippen molar-refractivity contribution in [1.29, 1.82) is 0 Å². The van der Waals surface area contributed by atoms with Crippen molar-refractivity contribution in [3.63, 3.8) is 0 Å². The van der Waals surface area contributed by atoms with Crippen molar-refractivity contribution in [2.24, 2.45) is 0 Å². The summed E-state index contributed by atoms with van der Waals surface area (Å²) in [5, 5.41) is 0. The minimum Gasteiger partial charge on any atom is -0.0656 e. The summed E-state index contributed by atoms with van der Waals surface area (Å²) in [7, 11) is 0.194. The summed E-state index contributed by atoms with van der Waals surface area (Å²) in [5.74, 6) is 0. The van der Waals surface area contributed by atoms with Gasteiger partial charge in [-0.3, -0.25) is 0 Å². The van der Waals surface area contributed by atoms with E-state index in [0.29, 0.717) is 0 Å². The van der Waals surface area contributed by atoms with Crippen molar-refractivity contribution in [3.8, 4) is 0 Å². The largest absolute Gasteiger partial charge is 0.545 e. The van der Waals surface area contributed by atoms with E-state index in [-0.39, 0.29) is 10.7 Å². The van der Waals surface area contributed by atoms with Crippen LogP contribution in [-0.4, -0.2) is 0 Å². The van der Waals surface area contributed by atoms with Crippen molar-refractivity contribution >= 4 is 22.4 Å². The van der Waals surface area contributed by atoms with Crippen LogP contribution in [0.1, 0.15) is 20.3 Å². The third-order valence-electron chi connectivity index (χ3n) is 0. The molecule has 1 nitrogen and oxygen atoms in total. The Bertz CT molecular complexity index is 22.8. The molecule has 0 aliphatic heterocycles. The summed E-state index contributed by atoms with van der Waals surface area (Å²) in [6, 6.07) is 0. The average Bonchev–Trinajstić information content (AvgIpc) is 1.39. The van der Waals surface area contributed by atoms with E-state index in [1.54, 1.807) is 0 Å². The second kappa shape index (κ2) is 18.3. The molecule has 0 rings (SSSR count). The lowest BCUT2D eigenvalue weighted by atomic mass is 10.6. The van der Waals surface area contributed by atoms with Crippen molar-refractivity contribution in [2.45, 2.75) is 20.3 Å². The highest BCUT2D eigenvalue weighted by atomic mass is 33.1. The summed E-state index contributed by atoms with van der Waals surface area (Å²) in [4.78, 5) is 0. The molecule has 0 aromatic heterocycles. The van der Waals surface area contributed by atoms with Gasteiger partial charge in [0.15, 0.2) is 0 Å². The van der Waals surface area contributed by atoms with Crippen LogP contribution in [0.25, 0.3) is 0 Å². The molecule has 0 radical (unpaired) electrons. The smallest absolute Gasteiger partial charge is 0.0656 e. The molecule has 0 aliphatic rings. The van der Waals surface area contributed by atoms with Gasteiger partial charge >= 0.3 is 10.7 Å². The molecule has 0 spiro atoms. The van der Waals surface area contributed by atoms with Gasteiger partial charge in [-0.15, -0.1) is 0 Å². The van der Waals surface area contributed by atoms with E-state index < -0.39 is 0 Å². The predicted molar refractivity (Wildman–Crippen MR) is 33.0 cm³/mol. The molecular weight excluding hydrogens is 116 g/mol. The van der Waals surface area contributed by atoms with Gasteiger partial charge in [-0.25, -0.2) is 0 Å². The summed E-state index contributed by atoms with van der Waals surface area (Å²) in [6.45, 7) is 4.25.